The van der Waals surface area contributed by atoms with E-state index in [2.05, 4.69) is 15.5 Å². The molecule has 1 aliphatic carbocycles. The number of carbonyl (C=O) groups excluding carboxylic acids is 2. The largest absolute Gasteiger partial charge is 0.451 e. The van der Waals surface area contributed by atoms with Gasteiger partial charge in [-0.05, 0) is 44.2 Å². The van der Waals surface area contributed by atoms with Crippen molar-refractivity contribution in [2.45, 2.75) is 38.5 Å². The molecule has 2 fully saturated rings. The zero-order chi connectivity index (χ0) is 18.9. The smallest absolute Gasteiger partial charge is 0.333 e. The molecule has 4 rings (SSSR count). The highest BCUT2D eigenvalue weighted by molar-refractivity contribution is 5.79. The summed E-state index contributed by atoms with van der Waals surface area (Å²) in [6.45, 7) is 4.19. The van der Waals surface area contributed by atoms with Crippen LogP contribution in [0.3, 0.4) is 0 Å². The van der Waals surface area contributed by atoms with E-state index in [4.69, 9.17) is 4.79 Å². The summed E-state index contributed by atoms with van der Waals surface area (Å²) in [6.07, 6.45) is -1.35. The number of halogens is 3. The van der Waals surface area contributed by atoms with Crippen LogP contribution in [-0.4, -0.2) is 52.0 Å². The molecule has 10 heteroatoms. The molecule has 2 atom stereocenters. The molecule has 144 valence electrons. The Hall–Kier alpha value is -1.97. The van der Waals surface area contributed by atoms with Gasteiger partial charge in [-0.25, -0.2) is 0 Å². The van der Waals surface area contributed by atoms with Crippen molar-refractivity contribution in [1.82, 2.24) is 25.0 Å². The quantitative estimate of drug-likeness (QED) is 0.840. The first-order valence-corrected chi connectivity index (χ1v) is 8.73. The monoisotopic (exact) mass is 373 g/mol. The summed E-state index contributed by atoms with van der Waals surface area (Å²) in [6, 6.07) is 0. The van der Waals surface area contributed by atoms with Crippen molar-refractivity contribution in [3.63, 3.8) is 0 Å². The molecule has 1 saturated carbocycles. The molecule has 2 aliphatic heterocycles. The van der Waals surface area contributed by atoms with Gasteiger partial charge in [-0.2, -0.15) is 13.2 Å². The van der Waals surface area contributed by atoms with Crippen molar-refractivity contribution in [2.24, 2.45) is 17.8 Å². The van der Waals surface area contributed by atoms with E-state index in [0.29, 0.717) is 11.8 Å². The first-order valence-electron chi connectivity index (χ1n) is 8.73. The molecule has 1 aromatic heterocycles. The lowest BCUT2D eigenvalue weighted by Crippen LogP contribution is -2.49. The van der Waals surface area contributed by atoms with Crippen LogP contribution in [0.25, 0.3) is 0 Å². The van der Waals surface area contributed by atoms with Gasteiger partial charge >= 0.3 is 6.18 Å². The van der Waals surface area contributed by atoms with Crippen LogP contribution in [0, 0.1) is 17.8 Å². The minimum atomic E-state index is -4.51. The van der Waals surface area contributed by atoms with Crippen LogP contribution in [0.15, 0.2) is 0 Å². The zero-order valence-electron chi connectivity index (χ0n) is 14.3. The highest BCUT2D eigenvalue weighted by Crippen LogP contribution is 2.43. The van der Waals surface area contributed by atoms with Crippen LogP contribution >= 0.6 is 0 Å². The van der Waals surface area contributed by atoms with Gasteiger partial charge in [0.1, 0.15) is 6.79 Å². The Morgan fingerprint density at radius 3 is 2.54 bits per heavy atom. The van der Waals surface area contributed by atoms with Crippen LogP contribution in [-0.2, 0) is 28.9 Å². The lowest BCUT2D eigenvalue weighted by molar-refractivity contribution is -0.148. The van der Waals surface area contributed by atoms with Crippen LogP contribution in [0.2, 0.25) is 0 Å². The minimum Gasteiger partial charge on any atom is -0.333 e. The number of hydrogen-bond donors (Lipinski definition) is 1. The van der Waals surface area contributed by atoms with Crippen LogP contribution in [0.5, 0.6) is 0 Å². The van der Waals surface area contributed by atoms with Gasteiger partial charge in [-0.1, -0.05) is 0 Å². The number of carbonyl (C=O) groups is 2. The molecule has 1 saturated heterocycles. The average Bonchev–Trinajstić information content (AvgIpc) is 3.40. The van der Waals surface area contributed by atoms with E-state index in [1.54, 1.807) is 4.90 Å². The molecule has 3 aliphatic rings. The number of hydrogen-bond acceptors (Lipinski definition) is 5. The molecule has 3 heterocycles. The van der Waals surface area contributed by atoms with Gasteiger partial charge in [0.05, 0.1) is 6.54 Å². The number of fused-ring (bicyclic) bond motifs is 1. The zero-order valence-corrected chi connectivity index (χ0v) is 14.3. The Morgan fingerprint density at radius 2 is 1.88 bits per heavy atom. The van der Waals surface area contributed by atoms with Crippen LogP contribution in [0.4, 0.5) is 13.2 Å². The Kier molecular flexibility index (Phi) is 5.31. The van der Waals surface area contributed by atoms with E-state index >= 15 is 0 Å². The van der Waals surface area contributed by atoms with Crippen molar-refractivity contribution < 1.29 is 22.8 Å². The van der Waals surface area contributed by atoms with Gasteiger partial charge in [0, 0.05) is 19.0 Å². The third kappa shape index (κ3) is 3.60. The van der Waals surface area contributed by atoms with Gasteiger partial charge in [-0.3, -0.25) is 4.79 Å². The summed E-state index contributed by atoms with van der Waals surface area (Å²) in [5.41, 5.74) is 0. The fourth-order valence-corrected chi connectivity index (χ4v) is 4.00. The highest BCUT2D eigenvalue weighted by Gasteiger charge is 2.44. The fraction of sp³-hybridized carbons (Fsp3) is 0.750. The summed E-state index contributed by atoms with van der Waals surface area (Å²) in [5.74, 6) is 0.279. The van der Waals surface area contributed by atoms with E-state index in [0.717, 1.165) is 24.1 Å². The molecule has 0 radical (unpaired) electrons. The Balaban J connectivity index is 0.000000948. The molecule has 7 nitrogen and oxygen atoms in total. The van der Waals surface area contributed by atoms with Gasteiger partial charge in [0.2, 0.25) is 11.7 Å². The molecular weight excluding hydrogens is 351 g/mol. The molecule has 1 aromatic rings. The van der Waals surface area contributed by atoms with Gasteiger partial charge in [0.25, 0.3) is 0 Å². The first-order chi connectivity index (χ1) is 12.4. The third-order valence-corrected chi connectivity index (χ3v) is 5.39. The van der Waals surface area contributed by atoms with Crippen molar-refractivity contribution in [2.75, 3.05) is 19.6 Å². The van der Waals surface area contributed by atoms with E-state index in [1.165, 1.54) is 12.8 Å². The number of rotatable bonds is 2. The van der Waals surface area contributed by atoms with Crippen molar-refractivity contribution in [3.8, 4) is 0 Å². The third-order valence-electron chi connectivity index (χ3n) is 5.39. The second-order valence-corrected chi connectivity index (χ2v) is 6.95. The first kappa shape index (κ1) is 18.8. The molecule has 26 heavy (non-hydrogen) atoms. The van der Waals surface area contributed by atoms with Gasteiger partial charge in [-0.15, -0.1) is 10.2 Å². The predicted octanol–water partition coefficient (Wildman–Crippen LogP) is 1.09. The van der Waals surface area contributed by atoms with Gasteiger partial charge in [0.15, 0.2) is 5.82 Å². The molecular formula is C16H22F3N5O2. The second-order valence-electron chi connectivity index (χ2n) is 6.95. The standard InChI is InChI=1S/C15H20F3N5O.CH2O/c16-15(17,18)14-21-20-12-8-22(5-6-23(12)14)13(24)10-3-4-19-7-11(10)9-1-2-9;1-2/h9-11,19H,1-8H2;1H2. The summed E-state index contributed by atoms with van der Waals surface area (Å²) in [7, 11) is 0. The normalized spacial score (nSPS) is 25.9. The number of nitrogens with one attached hydrogen (secondary N) is 1. The Bertz CT molecular complexity index is 659. The lowest BCUT2D eigenvalue weighted by Gasteiger charge is -2.36. The van der Waals surface area contributed by atoms with Crippen molar-refractivity contribution in [1.29, 1.82) is 0 Å². The maximum absolute atomic E-state index is 12.9. The highest BCUT2D eigenvalue weighted by atomic mass is 19.4. The summed E-state index contributed by atoms with van der Waals surface area (Å²) < 4.78 is 39.8. The second kappa shape index (κ2) is 7.34. The summed E-state index contributed by atoms with van der Waals surface area (Å²) in [4.78, 5) is 22.6. The van der Waals surface area contributed by atoms with E-state index in [9.17, 15) is 18.0 Å². The van der Waals surface area contributed by atoms with E-state index in [-0.39, 0.29) is 37.3 Å². The SMILES string of the molecule is C=O.O=C(C1CCNCC1C1CC1)N1CCn2c(nnc2C(F)(F)F)C1. The number of alkyl halides is 3. The fourth-order valence-electron chi connectivity index (χ4n) is 4.00. The molecule has 2 unspecified atom stereocenters. The van der Waals surface area contributed by atoms with Crippen molar-refractivity contribution in [3.05, 3.63) is 11.6 Å². The summed E-state index contributed by atoms with van der Waals surface area (Å²) >= 11 is 0. The van der Waals surface area contributed by atoms with Gasteiger partial charge < -0.3 is 19.6 Å². The maximum atomic E-state index is 12.9. The molecule has 0 bridgehead atoms. The molecule has 1 amide bonds. The van der Waals surface area contributed by atoms with Crippen LogP contribution in [0.1, 0.15) is 30.9 Å². The predicted molar refractivity (Wildman–Crippen MR) is 84.8 cm³/mol. The molecule has 1 N–H and O–H groups in total. The Morgan fingerprint density at radius 1 is 1.15 bits per heavy atom. The summed E-state index contributed by atoms with van der Waals surface area (Å²) in [5, 5.41) is 10.3. The van der Waals surface area contributed by atoms with Crippen molar-refractivity contribution >= 4 is 12.7 Å². The topological polar surface area (TPSA) is 80.1 Å². The average molecular weight is 373 g/mol. The maximum Gasteiger partial charge on any atom is 0.451 e. The lowest BCUT2D eigenvalue weighted by atomic mass is 9.82. The number of piperidine rings is 1. The number of nitrogens with zero attached hydrogens (tertiary/aromatic N) is 4. The number of amides is 1. The Labute approximate surface area is 148 Å². The van der Waals surface area contributed by atoms with Crippen LogP contribution < -0.4 is 5.32 Å². The van der Waals surface area contributed by atoms with E-state index in [1.807, 2.05) is 6.79 Å². The minimum absolute atomic E-state index is 0.0182. The number of aromatic nitrogens is 3. The molecule has 0 spiro atoms. The van der Waals surface area contributed by atoms with E-state index < -0.39 is 12.0 Å². The molecule has 0 aromatic carbocycles.